The van der Waals surface area contributed by atoms with Crippen LogP contribution in [0.15, 0.2) is 30.5 Å². The Morgan fingerprint density at radius 3 is 2.60 bits per heavy atom. The van der Waals surface area contributed by atoms with E-state index in [2.05, 4.69) is 56.1 Å². The lowest BCUT2D eigenvalue weighted by atomic mass is 9.76. The Balaban J connectivity index is 1.58. The fraction of sp³-hybridized carbons (Fsp3) is 0.591. The molecule has 162 valence electrons. The van der Waals surface area contributed by atoms with E-state index in [9.17, 15) is 0 Å². The van der Waals surface area contributed by atoms with Crippen LogP contribution < -0.4 is 10.2 Å². The predicted octanol–water partition coefficient (Wildman–Crippen LogP) is 3.33. The van der Waals surface area contributed by atoms with Crippen LogP contribution >= 0.6 is 0 Å². The molecule has 0 saturated carbocycles. The monoisotopic (exact) mass is 414 g/mol. The summed E-state index contributed by atoms with van der Waals surface area (Å²) in [7, 11) is 1.13. The van der Waals surface area contributed by atoms with Gasteiger partial charge in [0.2, 0.25) is 0 Å². The normalized spacial score (nSPS) is 25.4. The van der Waals surface area contributed by atoms with Crippen molar-refractivity contribution < 1.29 is 23.5 Å². The molecule has 2 aromatic rings. The maximum atomic E-state index is 6.25. The average molecular weight is 414 g/mol. The van der Waals surface area contributed by atoms with E-state index in [1.807, 2.05) is 6.07 Å². The van der Waals surface area contributed by atoms with Crippen LogP contribution in [0.25, 0.3) is 0 Å². The van der Waals surface area contributed by atoms with Crippen molar-refractivity contribution in [2.24, 2.45) is 0 Å². The van der Waals surface area contributed by atoms with Gasteiger partial charge >= 0.3 is 7.12 Å². The van der Waals surface area contributed by atoms with Crippen LogP contribution in [0.1, 0.15) is 63.8 Å². The molecule has 0 spiro atoms. The lowest BCUT2D eigenvalue weighted by Crippen LogP contribution is -2.41. The van der Waals surface area contributed by atoms with E-state index in [0.717, 1.165) is 29.7 Å². The second-order valence-electron chi connectivity index (χ2n) is 9.03. The van der Waals surface area contributed by atoms with E-state index in [1.54, 1.807) is 13.3 Å². The molecule has 1 N–H and O–H groups in total. The molecular formula is C22H31BN2O5. The smallest absolute Gasteiger partial charge is 0.468 e. The van der Waals surface area contributed by atoms with Crippen LogP contribution in [-0.4, -0.2) is 49.0 Å². The average Bonchev–Trinajstić information content (AvgIpc) is 3.32. The Morgan fingerprint density at radius 2 is 1.93 bits per heavy atom. The van der Waals surface area contributed by atoms with Crippen LogP contribution in [-0.2, 0) is 18.8 Å². The van der Waals surface area contributed by atoms with E-state index >= 15 is 0 Å². The number of ether oxygens (including phenoxy) is 3. The molecule has 7 nitrogen and oxygen atoms in total. The molecule has 30 heavy (non-hydrogen) atoms. The number of benzene rings is 1. The zero-order valence-corrected chi connectivity index (χ0v) is 18.4. The van der Waals surface area contributed by atoms with E-state index in [1.165, 1.54) is 5.56 Å². The summed E-state index contributed by atoms with van der Waals surface area (Å²) < 4.78 is 29.6. The van der Waals surface area contributed by atoms with Gasteiger partial charge in [-0.15, -0.1) is 0 Å². The second kappa shape index (κ2) is 8.34. The van der Waals surface area contributed by atoms with Crippen LogP contribution in [0, 0.1) is 0 Å². The van der Waals surface area contributed by atoms with Gasteiger partial charge in [0.1, 0.15) is 5.75 Å². The number of H-pyrrole nitrogens is 1. The quantitative estimate of drug-likeness (QED) is 0.578. The van der Waals surface area contributed by atoms with Gasteiger partial charge in [-0.3, -0.25) is 5.10 Å². The summed E-state index contributed by atoms with van der Waals surface area (Å²) in [5, 5.41) is 7.09. The molecule has 2 atom stereocenters. The van der Waals surface area contributed by atoms with Gasteiger partial charge in [-0.2, -0.15) is 5.10 Å². The molecule has 2 aliphatic heterocycles. The molecule has 0 radical (unpaired) electrons. The lowest BCUT2D eigenvalue weighted by Gasteiger charge is -2.32. The molecule has 0 amide bonds. The van der Waals surface area contributed by atoms with Crippen LogP contribution in [0.3, 0.4) is 0 Å². The highest BCUT2D eigenvalue weighted by atomic mass is 16.7. The first-order valence-electron chi connectivity index (χ1n) is 10.5. The SMILES string of the molecule is COCOc1cc(C2CCOC(c3ccn[nH]3)C2)ccc1B1OC(C)(C)C(C)(C)O1. The zero-order chi connectivity index (χ0) is 21.4. The van der Waals surface area contributed by atoms with Gasteiger partial charge in [-0.05, 0) is 64.2 Å². The van der Waals surface area contributed by atoms with Crippen molar-refractivity contribution in [3.63, 3.8) is 0 Å². The maximum absolute atomic E-state index is 6.25. The number of aromatic nitrogens is 2. The van der Waals surface area contributed by atoms with Gasteiger partial charge in [0.05, 0.1) is 23.0 Å². The van der Waals surface area contributed by atoms with Crippen molar-refractivity contribution in [1.29, 1.82) is 0 Å². The highest BCUT2D eigenvalue weighted by Gasteiger charge is 2.52. The predicted molar refractivity (Wildman–Crippen MR) is 114 cm³/mol. The molecule has 2 unspecified atom stereocenters. The fourth-order valence-corrected chi connectivity index (χ4v) is 3.98. The Kier molecular flexibility index (Phi) is 5.94. The minimum Gasteiger partial charge on any atom is -0.468 e. The van der Waals surface area contributed by atoms with Gasteiger partial charge in [-0.1, -0.05) is 12.1 Å². The molecule has 8 heteroatoms. The summed E-state index contributed by atoms with van der Waals surface area (Å²) in [6, 6.07) is 8.28. The molecule has 1 aromatic heterocycles. The number of aromatic amines is 1. The van der Waals surface area contributed by atoms with E-state index in [4.69, 9.17) is 23.5 Å². The minimum atomic E-state index is -0.483. The Labute approximate surface area is 178 Å². The first-order valence-corrected chi connectivity index (χ1v) is 10.5. The highest BCUT2D eigenvalue weighted by molar-refractivity contribution is 6.63. The maximum Gasteiger partial charge on any atom is 0.498 e. The van der Waals surface area contributed by atoms with E-state index in [0.29, 0.717) is 12.5 Å². The number of methoxy groups -OCH3 is 1. The second-order valence-corrected chi connectivity index (χ2v) is 9.03. The minimum absolute atomic E-state index is 0.0253. The molecule has 3 heterocycles. The molecule has 0 bridgehead atoms. The number of hydrogen-bond acceptors (Lipinski definition) is 6. The van der Waals surface area contributed by atoms with Gasteiger partial charge in [0.25, 0.3) is 0 Å². The summed E-state index contributed by atoms with van der Waals surface area (Å²) in [4.78, 5) is 0. The van der Waals surface area contributed by atoms with Crippen LogP contribution in [0.5, 0.6) is 5.75 Å². The van der Waals surface area contributed by atoms with Gasteiger partial charge < -0.3 is 23.5 Å². The molecule has 1 aromatic carbocycles. The lowest BCUT2D eigenvalue weighted by molar-refractivity contribution is 0.00259. The Hall–Kier alpha value is -1.87. The molecule has 0 aliphatic carbocycles. The number of rotatable bonds is 6. The zero-order valence-electron chi connectivity index (χ0n) is 18.4. The van der Waals surface area contributed by atoms with E-state index < -0.39 is 18.3 Å². The topological polar surface area (TPSA) is 74.8 Å². The highest BCUT2D eigenvalue weighted by Crippen LogP contribution is 2.39. The first-order chi connectivity index (χ1) is 14.3. The number of nitrogens with one attached hydrogen (secondary N) is 1. The van der Waals surface area contributed by atoms with Crippen molar-refractivity contribution >= 4 is 12.6 Å². The molecule has 2 saturated heterocycles. The van der Waals surface area contributed by atoms with Crippen molar-refractivity contribution in [2.75, 3.05) is 20.5 Å². The molecule has 2 fully saturated rings. The third-order valence-electron chi connectivity index (χ3n) is 6.50. The summed E-state index contributed by atoms with van der Waals surface area (Å²) in [5.74, 6) is 1.10. The third-order valence-corrected chi connectivity index (χ3v) is 6.50. The fourth-order valence-electron chi connectivity index (χ4n) is 3.98. The van der Waals surface area contributed by atoms with Gasteiger partial charge in [0.15, 0.2) is 6.79 Å². The van der Waals surface area contributed by atoms with Gasteiger partial charge in [-0.25, -0.2) is 0 Å². The summed E-state index contributed by atoms with van der Waals surface area (Å²) in [5.41, 5.74) is 2.30. The van der Waals surface area contributed by atoms with Crippen molar-refractivity contribution in [1.82, 2.24) is 10.2 Å². The third kappa shape index (κ3) is 4.14. The number of hydrogen-bond donors (Lipinski definition) is 1. The Morgan fingerprint density at radius 1 is 1.17 bits per heavy atom. The summed E-state index contributed by atoms with van der Waals surface area (Å²) in [6.45, 7) is 9.08. The largest absolute Gasteiger partial charge is 0.498 e. The van der Waals surface area contributed by atoms with Crippen LogP contribution in [0.4, 0.5) is 0 Å². The summed E-state index contributed by atoms with van der Waals surface area (Å²) in [6.07, 6.45) is 3.64. The molecule has 2 aliphatic rings. The van der Waals surface area contributed by atoms with Crippen molar-refractivity contribution in [2.45, 2.75) is 63.8 Å². The van der Waals surface area contributed by atoms with E-state index in [-0.39, 0.29) is 12.9 Å². The van der Waals surface area contributed by atoms with Gasteiger partial charge in [0, 0.05) is 25.4 Å². The Bertz CT molecular complexity index is 839. The molecular weight excluding hydrogens is 383 g/mol. The van der Waals surface area contributed by atoms with Crippen LogP contribution in [0.2, 0.25) is 0 Å². The summed E-state index contributed by atoms with van der Waals surface area (Å²) >= 11 is 0. The first kappa shape index (κ1) is 21.4. The standard InChI is InChI=1S/C22H31BN2O5/c1-21(2)22(3,4)30-23(29-21)17-7-6-15(12-19(17)28-14-26-5)16-9-11-27-20(13-16)18-8-10-24-25-18/h6-8,10,12,16,20H,9,11,13-14H2,1-5H3,(H,24,25). The molecule has 4 rings (SSSR count). The van der Waals surface area contributed by atoms with Crippen molar-refractivity contribution in [3.8, 4) is 5.75 Å². The number of nitrogens with zero attached hydrogens (tertiary/aromatic N) is 1. The van der Waals surface area contributed by atoms with Crippen molar-refractivity contribution in [3.05, 3.63) is 41.7 Å².